The molecule has 0 atom stereocenters. The minimum Gasteiger partial charge on any atom is -0.486 e. The highest BCUT2D eigenvalue weighted by Crippen LogP contribution is 2.19. The molecule has 0 amide bonds. The Kier molecular flexibility index (Phi) is 3.96. The van der Waals surface area contributed by atoms with Crippen LogP contribution in [0.25, 0.3) is 0 Å². The molecule has 0 aliphatic carbocycles. The van der Waals surface area contributed by atoms with Gasteiger partial charge in [-0.15, -0.1) is 0 Å². The lowest BCUT2D eigenvalue weighted by atomic mass is 10.1. The van der Waals surface area contributed by atoms with Gasteiger partial charge >= 0.3 is 5.97 Å². The second-order valence-electron chi connectivity index (χ2n) is 4.05. The van der Waals surface area contributed by atoms with Crippen LogP contribution in [0.1, 0.15) is 21.5 Å². The summed E-state index contributed by atoms with van der Waals surface area (Å²) < 4.78 is 18.9. The molecule has 0 spiro atoms. The molecular formula is C15H10FNO3. The fourth-order valence-electron chi connectivity index (χ4n) is 1.64. The number of halogens is 1. The number of ether oxygens (including phenoxy) is 1. The number of carbonyl (C=O) groups is 1. The van der Waals surface area contributed by atoms with Gasteiger partial charge in [-0.1, -0.05) is 12.1 Å². The average Bonchev–Trinajstić information content (AvgIpc) is 2.46. The molecule has 1 N–H and O–H groups in total. The predicted molar refractivity (Wildman–Crippen MR) is 68.8 cm³/mol. The number of nitriles is 1. The number of nitrogens with zero attached hydrogens (tertiary/aromatic N) is 1. The van der Waals surface area contributed by atoms with E-state index in [4.69, 9.17) is 15.1 Å². The number of hydrogen-bond acceptors (Lipinski definition) is 3. The Hall–Kier alpha value is -2.87. The highest BCUT2D eigenvalue weighted by Gasteiger charge is 2.07. The summed E-state index contributed by atoms with van der Waals surface area (Å²) in [4.78, 5) is 10.8. The van der Waals surface area contributed by atoms with E-state index in [-0.39, 0.29) is 23.5 Å². The Labute approximate surface area is 114 Å². The normalized spacial score (nSPS) is 9.80. The van der Waals surface area contributed by atoms with Crippen molar-refractivity contribution in [3.8, 4) is 11.8 Å². The van der Waals surface area contributed by atoms with E-state index in [2.05, 4.69) is 0 Å². The molecule has 20 heavy (non-hydrogen) atoms. The minimum absolute atomic E-state index is 0.0183. The third-order valence-electron chi connectivity index (χ3n) is 2.63. The van der Waals surface area contributed by atoms with Crippen molar-refractivity contribution in [2.45, 2.75) is 6.61 Å². The molecular weight excluding hydrogens is 261 g/mol. The fourth-order valence-corrected chi connectivity index (χ4v) is 1.64. The molecule has 2 rings (SSSR count). The summed E-state index contributed by atoms with van der Waals surface area (Å²) in [6.45, 7) is 0.0456. The van der Waals surface area contributed by atoms with Crippen molar-refractivity contribution in [1.29, 1.82) is 5.26 Å². The maximum absolute atomic E-state index is 13.6. The van der Waals surface area contributed by atoms with Gasteiger partial charge in [-0.3, -0.25) is 0 Å². The molecule has 0 unspecified atom stereocenters. The SMILES string of the molecule is N#Cc1ccc(OCc2cccc(C(=O)O)c2)c(F)c1. The molecule has 100 valence electrons. The highest BCUT2D eigenvalue weighted by atomic mass is 19.1. The van der Waals surface area contributed by atoms with Crippen LogP contribution >= 0.6 is 0 Å². The maximum atomic E-state index is 13.6. The standard InChI is InChI=1S/C15H10FNO3/c16-13-7-10(8-17)4-5-14(13)20-9-11-2-1-3-12(6-11)15(18)19/h1-7H,9H2,(H,18,19). The number of carboxylic acids is 1. The molecule has 0 saturated heterocycles. The fraction of sp³-hybridized carbons (Fsp3) is 0.0667. The van der Waals surface area contributed by atoms with Gasteiger partial charge in [0.25, 0.3) is 0 Å². The third-order valence-corrected chi connectivity index (χ3v) is 2.63. The zero-order chi connectivity index (χ0) is 14.5. The Bertz CT molecular complexity index is 692. The molecule has 2 aromatic rings. The maximum Gasteiger partial charge on any atom is 0.335 e. The Morgan fingerprint density at radius 2 is 2.10 bits per heavy atom. The second-order valence-corrected chi connectivity index (χ2v) is 4.05. The van der Waals surface area contributed by atoms with E-state index in [1.165, 1.54) is 24.3 Å². The van der Waals surface area contributed by atoms with E-state index in [0.29, 0.717) is 5.56 Å². The van der Waals surface area contributed by atoms with Gasteiger partial charge in [-0.25, -0.2) is 9.18 Å². The molecule has 0 radical (unpaired) electrons. The van der Waals surface area contributed by atoms with Crippen LogP contribution in [0.3, 0.4) is 0 Å². The summed E-state index contributed by atoms with van der Waals surface area (Å²) in [5.41, 5.74) is 0.975. The number of rotatable bonds is 4. The van der Waals surface area contributed by atoms with Crippen molar-refractivity contribution in [1.82, 2.24) is 0 Å². The van der Waals surface area contributed by atoms with Crippen molar-refractivity contribution in [2.24, 2.45) is 0 Å². The van der Waals surface area contributed by atoms with Crippen LogP contribution in [-0.2, 0) is 6.61 Å². The molecule has 4 nitrogen and oxygen atoms in total. The molecule has 5 heteroatoms. The minimum atomic E-state index is -1.03. The lowest BCUT2D eigenvalue weighted by Gasteiger charge is -2.08. The largest absolute Gasteiger partial charge is 0.486 e. The number of aromatic carboxylic acids is 1. The van der Waals surface area contributed by atoms with Crippen LogP contribution in [0.4, 0.5) is 4.39 Å². The van der Waals surface area contributed by atoms with Crippen LogP contribution in [0.15, 0.2) is 42.5 Å². The van der Waals surface area contributed by atoms with E-state index in [1.54, 1.807) is 12.1 Å². The van der Waals surface area contributed by atoms with Crippen molar-refractivity contribution >= 4 is 5.97 Å². The monoisotopic (exact) mass is 271 g/mol. The van der Waals surface area contributed by atoms with Crippen LogP contribution in [0, 0.1) is 17.1 Å². The number of carboxylic acid groups (broad SMARTS) is 1. The second kappa shape index (κ2) is 5.85. The highest BCUT2D eigenvalue weighted by molar-refractivity contribution is 5.87. The van der Waals surface area contributed by atoms with Gasteiger partial charge in [0.1, 0.15) is 6.61 Å². The molecule has 0 saturated carbocycles. The zero-order valence-electron chi connectivity index (χ0n) is 10.3. The summed E-state index contributed by atoms with van der Waals surface area (Å²) in [7, 11) is 0. The van der Waals surface area contributed by atoms with E-state index in [9.17, 15) is 9.18 Å². The van der Waals surface area contributed by atoms with Crippen LogP contribution < -0.4 is 4.74 Å². The lowest BCUT2D eigenvalue weighted by molar-refractivity contribution is 0.0696. The molecule has 0 aliphatic heterocycles. The first-order valence-electron chi connectivity index (χ1n) is 5.75. The summed E-state index contributed by atoms with van der Waals surface area (Å²) >= 11 is 0. The molecule has 0 aliphatic rings. The molecule has 0 bridgehead atoms. The van der Waals surface area contributed by atoms with E-state index in [1.807, 2.05) is 6.07 Å². The lowest BCUT2D eigenvalue weighted by Crippen LogP contribution is -2.01. The first-order valence-corrected chi connectivity index (χ1v) is 5.75. The van der Waals surface area contributed by atoms with Gasteiger partial charge in [-0.2, -0.15) is 5.26 Å². The first kappa shape index (κ1) is 13.6. The zero-order valence-corrected chi connectivity index (χ0v) is 10.3. The molecule has 0 fully saturated rings. The van der Waals surface area contributed by atoms with Gasteiger partial charge in [0.05, 0.1) is 17.2 Å². The summed E-state index contributed by atoms with van der Waals surface area (Å²) in [5.74, 6) is -1.64. The summed E-state index contributed by atoms with van der Waals surface area (Å²) in [5, 5.41) is 17.5. The van der Waals surface area contributed by atoms with Crippen LogP contribution in [0.5, 0.6) is 5.75 Å². The molecule has 2 aromatic carbocycles. The number of benzene rings is 2. The van der Waals surface area contributed by atoms with Gasteiger partial charge in [0, 0.05) is 0 Å². The van der Waals surface area contributed by atoms with Crippen molar-refractivity contribution in [2.75, 3.05) is 0 Å². The summed E-state index contributed by atoms with van der Waals surface area (Å²) in [6.07, 6.45) is 0. The van der Waals surface area contributed by atoms with E-state index >= 15 is 0 Å². The summed E-state index contributed by atoms with van der Waals surface area (Å²) in [6, 6.07) is 11.9. The third kappa shape index (κ3) is 3.12. The van der Waals surface area contributed by atoms with Crippen molar-refractivity contribution < 1.29 is 19.0 Å². The first-order chi connectivity index (χ1) is 9.60. The van der Waals surface area contributed by atoms with Gasteiger partial charge < -0.3 is 9.84 Å². The number of hydrogen-bond donors (Lipinski definition) is 1. The average molecular weight is 271 g/mol. The van der Waals surface area contributed by atoms with Gasteiger partial charge in [-0.05, 0) is 35.9 Å². The van der Waals surface area contributed by atoms with E-state index < -0.39 is 11.8 Å². The van der Waals surface area contributed by atoms with Crippen molar-refractivity contribution in [3.63, 3.8) is 0 Å². The Morgan fingerprint density at radius 3 is 2.75 bits per heavy atom. The molecule has 0 aromatic heterocycles. The van der Waals surface area contributed by atoms with Crippen LogP contribution in [0.2, 0.25) is 0 Å². The van der Waals surface area contributed by atoms with Crippen LogP contribution in [-0.4, -0.2) is 11.1 Å². The predicted octanol–water partition coefficient (Wildman–Crippen LogP) is 2.97. The molecule has 0 heterocycles. The van der Waals surface area contributed by atoms with Gasteiger partial charge in [0.2, 0.25) is 0 Å². The van der Waals surface area contributed by atoms with Gasteiger partial charge in [0.15, 0.2) is 11.6 Å². The topological polar surface area (TPSA) is 70.3 Å². The van der Waals surface area contributed by atoms with E-state index in [0.717, 1.165) is 6.07 Å². The Balaban J connectivity index is 2.11. The van der Waals surface area contributed by atoms with Crippen molar-refractivity contribution in [3.05, 3.63) is 65.0 Å². The smallest absolute Gasteiger partial charge is 0.335 e. The Morgan fingerprint density at radius 1 is 1.30 bits per heavy atom. The quantitative estimate of drug-likeness (QED) is 0.928.